The maximum Gasteiger partial charge on any atom is 0.407 e. The summed E-state index contributed by atoms with van der Waals surface area (Å²) in [6.45, 7) is 9.57. The largest absolute Gasteiger partial charge is 0.508 e. The van der Waals surface area contributed by atoms with Crippen LogP contribution in [0.1, 0.15) is 64.1 Å². The molecule has 134 valence electrons. The summed E-state index contributed by atoms with van der Waals surface area (Å²) in [5.74, 6) is 0.310. The number of rotatable bonds is 4. The van der Waals surface area contributed by atoms with E-state index < -0.39 is 5.60 Å². The lowest BCUT2D eigenvalue weighted by molar-refractivity contribution is 0.0497. The van der Waals surface area contributed by atoms with Gasteiger partial charge < -0.3 is 20.5 Å². The third-order valence-electron chi connectivity index (χ3n) is 4.33. The molecule has 5 nitrogen and oxygen atoms in total. The molecule has 0 bridgehead atoms. The summed E-state index contributed by atoms with van der Waals surface area (Å²) in [6, 6.07) is 5.96. The summed E-state index contributed by atoms with van der Waals surface area (Å²) in [5, 5.41) is 16.7. The minimum atomic E-state index is -0.493. The van der Waals surface area contributed by atoms with E-state index in [1.165, 1.54) is 0 Å². The first-order valence-electron chi connectivity index (χ1n) is 8.71. The van der Waals surface area contributed by atoms with Crippen molar-refractivity contribution in [3.05, 3.63) is 29.3 Å². The Kier molecular flexibility index (Phi) is 5.75. The van der Waals surface area contributed by atoms with Gasteiger partial charge in [0.2, 0.25) is 0 Å². The van der Waals surface area contributed by atoms with Crippen molar-refractivity contribution in [2.24, 2.45) is 0 Å². The van der Waals surface area contributed by atoms with Gasteiger partial charge in [0.25, 0.3) is 0 Å². The molecule has 3 N–H and O–H groups in total. The summed E-state index contributed by atoms with van der Waals surface area (Å²) in [7, 11) is 0. The van der Waals surface area contributed by atoms with Gasteiger partial charge in [0.15, 0.2) is 0 Å². The molecule has 1 aromatic carbocycles. The molecule has 3 unspecified atom stereocenters. The molecule has 0 spiro atoms. The number of amides is 1. The minimum absolute atomic E-state index is 0.0108. The fourth-order valence-corrected chi connectivity index (χ4v) is 3.22. The molecule has 0 aromatic heterocycles. The van der Waals surface area contributed by atoms with Gasteiger partial charge in [0, 0.05) is 23.7 Å². The third kappa shape index (κ3) is 5.13. The first-order chi connectivity index (χ1) is 11.2. The number of alkyl carbamates (subject to hydrolysis) is 1. The quantitative estimate of drug-likeness (QED) is 0.783. The van der Waals surface area contributed by atoms with E-state index in [2.05, 4.69) is 10.6 Å². The molecule has 1 fully saturated rings. The van der Waals surface area contributed by atoms with Crippen molar-refractivity contribution in [3.8, 4) is 5.75 Å². The number of nitrogens with one attached hydrogen (secondary N) is 2. The van der Waals surface area contributed by atoms with Gasteiger partial charge in [-0.05, 0) is 65.5 Å². The number of aromatic hydroxyl groups is 1. The molecule has 1 amide bonds. The molecule has 5 heteroatoms. The van der Waals surface area contributed by atoms with Crippen LogP contribution in [0.3, 0.4) is 0 Å². The van der Waals surface area contributed by atoms with Crippen molar-refractivity contribution < 1.29 is 14.6 Å². The predicted molar refractivity (Wildman–Crippen MR) is 95.2 cm³/mol. The van der Waals surface area contributed by atoms with Gasteiger partial charge >= 0.3 is 6.09 Å². The van der Waals surface area contributed by atoms with E-state index in [0.29, 0.717) is 5.75 Å². The van der Waals surface area contributed by atoms with Crippen LogP contribution in [0.2, 0.25) is 0 Å². The number of aryl methyl sites for hydroxylation is 1. The second kappa shape index (κ2) is 7.43. The number of phenols is 1. The van der Waals surface area contributed by atoms with Crippen LogP contribution in [-0.4, -0.2) is 28.9 Å². The van der Waals surface area contributed by atoms with Crippen LogP contribution in [-0.2, 0) is 4.74 Å². The van der Waals surface area contributed by atoms with E-state index in [4.69, 9.17) is 4.74 Å². The minimum Gasteiger partial charge on any atom is -0.508 e. The fraction of sp³-hybridized carbons (Fsp3) is 0.632. The van der Waals surface area contributed by atoms with Gasteiger partial charge in [-0.2, -0.15) is 0 Å². The van der Waals surface area contributed by atoms with Crippen LogP contribution in [0.4, 0.5) is 4.79 Å². The predicted octanol–water partition coefficient (Wildman–Crippen LogP) is 3.80. The topological polar surface area (TPSA) is 70.6 Å². The smallest absolute Gasteiger partial charge is 0.407 e. The SMILES string of the molecule is Cc1ccc(C(C)NC2CCCC2NC(=O)OC(C)(C)C)c(O)c1. The zero-order valence-corrected chi connectivity index (χ0v) is 15.3. The van der Waals surface area contributed by atoms with Crippen molar-refractivity contribution >= 4 is 6.09 Å². The first-order valence-corrected chi connectivity index (χ1v) is 8.71. The molecule has 1 saturated carbocycles. The van der Waals surface area contributed by atoms with Crippen molar-refractivity contribution in [3.63, 3.8) is 0 Å². The molecule has 1 aliphatic rings. The number of carbonyl (C=O) groups excluding carboxylic acids is 1. The summed E-state index contributed by atoms with van der Waals surface area (Å²) in [5.41, 5.74) is 1.42. The van der Waals surface area contributed by atoms with Crippen LogP contribution in [0, 0.1) is 6.92 Å². The zero-order chi connectivity index (χ0) is 17.9. The van der Waals surface area contributed by atoms with Gasteiger partial charge in [0.1, 0.15) is 11.4 Å². The summed E-state index contributed by atoms with van der Waals surface area (Å²) < 4.78 is 5.35. The lowest BCUT2D eigenvalue weighted by Gasteiger charge is -2.28. The maximum atomic E-state index is 12.0. The van der Waals surface area contributed by atoms with Crippen molar-refractivity contribution in [1.29, 1.82) is 0 Å². The molecule has 2 rings (SSSR count). The lowest BCUT2D eigenvalue weighted by Crippen LogP contribution is -2.48. The highest BCUT2D eigenvalue weighted by molar-refractivity contribution is 5.68. The Hall–Kier alpha value is -1.75. The second-order valence-electron chi connectivity index (χ2n) is 7.74. The Morgan fingerprint density at radius 3 is 2.58 bits per heavy atom. The van der Waals surface area contributed by atoms with Crippen LogP contribution >= 0.6 is 0 Å². The highest BCUT2D eigenvalue weighted by Gasteiger charge is 2.31. The van der Waals surface area contributed by atoms with Crippen LogP contribution in [0.15, 0.2) is 18.2 Å². The summed E-state index contributed by atoms with van der Waals surface area (Å²) >= 11 is 0. The van der Waals surface area contributed by atoms with Gasteiger partial charge in [-0.3, -0.25) is 0 Å². The summed E-state index contributed by atoms with van der Waals surface area (Å²) in [4.78, 5) is 12.0. The molecule has 3 atom stereocenters. The normalized spacial score (nSPS) is 22.2. The van der Waals surface area contributed by atoms with Crippen molar-refractivity contribution in [1.82, 2.24) is 10.6 Å². The number of hydrogen-bond acceptors (Lipinski definition) is 4. The van der Waals surface area contributed by atoms with Gasteiger partial charge in [-0.25, -0.2) is 4.79 Å². The molecule has 0 aliphatic heterocycles. The molecule has 0 saturated heterocycles. The van der Waals surface area contributed by atoms with Gasteiger partial charge in [-0.1, -0.05) is 12.1 Å². The van der Waals surface area contributed by atoms with Crippen LogP contribution in [0.25, 0.3) is 0 Å². The van der Waals surface area contributed by atoms with Crippen LogP contribution in [0.5, 0.6) is 5.75 Å². The van der Waals surface area contributed by atoms with Crippen molar-refractivity contribution in [2.75, 3.05) is 0 Å². The van der Waals surface area contributed by atoms with E-state index >= 15 is 0 Å². The van der Waals surface area contributed by atoms with Gasteiger partial charge in [-0.15, -0.1) is 0 Å². The highest BCUT2D eigenvalue weighted by atomic mass is 16.6. The van der Waals surface area contributed by atoms with E-state index in [1.54, 1.807) is 6.07 Å². The Morgan fingerprint density at radius 2 is 1.96 bits per heavy atom. The molecular weight excluding hydrogens is 304 g/mol. The maximum absolute atomic E-state index is 12.0. The van der Waals surface area contributed by atoms with E-state index in [9.17, 15) is 9.90 Å². The van der Waals surface area contributed by atoms with E-state index in [-0.39, 0.29) is 24.2 Å². The molecule has 1 aliphatic carbocycles. The Bertz CT molecular complexity index is 580. The molecule has 0 radical (unpaired) electrons. The van der Waals surface area contributed by atoms with E-state index in [1.807, 2.05) is 46.8 Å². The van der Waals surface area contributed by atoms with Gasteiger partial charge in [0.05, 0.1) is 0 Å². The Labute approximate surface area is 144 Å². The average molecular weight is 334 g/mol. The first kappa shape index (κ1) is 18.6. The number of benzene rings is 1. The van der Waals surface area contributed by atoms with E-state index in [0.717, 1.165) is 30.4 Å². The average Bonchev–Trinajstić information content (AvgIpc) is 2.83. The summed E-state index contributed by atoms with van der Waals surface area (Å²) in [6.07, 6.45) is 2.62. The Balaban J connectivity index is 1.96. The monoisotopic (exact) mass is 334 g/mol. The molecule has 24 heavy (non-hydrogen) atoms. The third-order valence-corrected chi connectivity index (χ3v) is 4.33. The zero-order valence-electron chi connectivity index (χ0n) is 15.3. The lowest BCUT2D eigenvalue weighted by atomic mass is 10.0. The number of ether oxygens (including phenoxy) is 1. The van der Waals surface area contributed by atoms with Crippen molar-refractivity contribution in [2.45, 2.75) is 77.6 Å². The number of carbonyl (C=O) groups is 1. The Morgan fingerprint density at radius 1 is 1.29 bits per heavy atom. The number of phenolic OH excluding ortho intramolecular Hbond substituents is 1. The number of hydrogen-bond donors (Lipinski definition) is 3. The fourth-order valence-electron chi connectivity index (χ4n) is 3.22. The molecular formula is C19H30N2O3. The second-order valence-corrected chi connectivity index (χ2v) is 7.74. The molecule has 0 heterocycles. The standard InChI is InChI=1S/C19H30N2O3/c1-12-9-10-14(17(22)11-12)13(2)20-15-7-6-8-16(15)21-18(23)24-19(3,4)5/h9-11,13,15-16,20,22H,6-8H2,1-5H3,(H,21,23). The molecule has 1 aromatic rings. The highest BCUT2D eigenvalue weighted by Crippen LogP contribution is 2.28. The van der Waals surface area contributed by atoms with Crippen LogP contribution < -0.4 is 10.6 Å².